The molecule has 5 heteroatoms. The second kappa shape index (κ2) is 6.05. The summed E-state index contributed by atoms with van der Waals surface area (Å²) in [7, 11) is 3.34. The Kier molecular flexibility index (Phi) is 5.01. The lowest BCUT2D eigenvalue weighted by Gasteiger charge is -2.36. The van der Waals surface area contributed by atoms with Crippen molar-refractivity contribution in [3.05, 3.63) is 0 Å². The van der Waals surface area contributed by atoms with Gasteiger partial charge >= 0.3 is 0 Å². The Balaban J connectivity index is 2.48. The highest BCUT2D eigenvalue weighted by atomic mass is 16.5. The van der Waals surface area contributed by atoms with Crippen LogP contribution in [0.4, 0.5) is 0 Å². The molecule has 15 heavy (non-hydrogen) atoms. The summed E-state index contributed by atoms with van der Waals surface area (Å²) in [6.45, 7) is 2.93. The lowest BCUT2D eigenvalue weighted by Crippen LogP contribution is -2.57. The van der Waals surface area contributed by atoms with Crippen molar-refractivity contribution in [2.45, 2.75) is 31.5 Å². The first-order valence-electron chi connectivity index (χ1n) is 5.19. The van der Waals surface area contributed by atoms with Gasteiger partial charge in [0.05, 0.1) is 18.8 Å². The molecule has 0 radical (unpaired) electrons. The van der Waals surface area contributed by atoms with Crippen molar-refractivity contribution in [3.63, 3.8) is 0 Å². The van der Waals surface area contributed by atoms with Crippen LogP contribution in [0.1, 0.15) is 13.3 Å². The summed E-state index contributed by atoms with van der Waals surface area (Å²) in [6.07, 6.45) is 0.883. The molecular weight excluding hydrogens is 196 g/mol. The standard InChI is InChI=1S/C10H20N2O3/c1-7(13)12-9-4-8(6-14-2)11-5-10(9)15-3/h8-11H,4-6H2,1-3H3,(H,12,13). The lowest BCUT2D eigenvalue weighted by atomic mass is 9.97. The Morgan fingerprint density at radius 2 is 2.27 bits per heavy atom. The van der Waals surface area contributed by atoms with Gasteiger partial charge in [0.2, 0.25) is 5.91 Å². The first-order valence-corrected chi connectivity index (χ1v) is 5.19. The smallest absolute Gasteiger partial charge is 0.217 e. The van der Waals surface area contributed by atoms with Crippen LogP contribution in [0.5, 0.6) is 0 Å². The van der Waals surface area contributed by atoms with E-state index in [1.165, 1.54) is 6.92 Å². The van der Waals surface area contributed by atoms with Crippen LogP contribution < -0.4 is 10.6 Å². The maximum atomic E-state index is 11.0. The van der Waals surface area contributed by atoms with E-state index in [0.717, 1.165) is 13.0 Å². The van der Waals surface area contributed by atoms with E-state index in [-0.39, 0.29) is 18.1 Å². The molecule has 1 saturated heterocycles. The zero-order valence-electron chi connectivity index (χ0n) is 9.58. The van der Waals surface area contributed by atoms with E-state index in [2.05, 4.69) is 10.6 Å². The van der Waals surface area contributed by atoms with Crippen LogP contribution in [-0.4, -0.2) is 51.5 Å². The monoisotopic (exact) mass is 216 g/mol. The van der Waals surface area contributed by atoms with Crippen molar-refractivity contribution in [1.29, 1.82) is 0 Å². The molecule has 1 fully saturated rings. The molecule has 5 nitrogen and oxygen atoms in total. The number of amides is 1. The van der Waals surface area contributed by atoms with Gasteiger partial charge in [0.15, 0.2) is 0 Å². The highest BCUT2D eigenvalue weighted by Gasteiger charge is 2.30. The minimum absolute atomic E-state index is 0.0138. The van der Waals surface area contributed by atoms with Crippen LogP contribution in [0.2, 0.25) is 0 Å². The number of carbonyl (C=O) groups is 1. The van der Waals surface area contributed by atoms with Crippen LogP contribution in [0, 0.1) is 0 Å². The molecule has 1 heterocycles. The number of nitrogens with one attached hydrogen (secondary N) is 2. The summed E-state index contributed by atoms with van der Waals surface area (Å²) in [4.78, 5) is 11.0. The van der Waals surface area contributed by atoms with Gasteiger partial charge in [0, 0.05) is 33.7 Å². The zero-order valence-corrected chi connectivity index (χ0v) is 9.58. The molecule has 0 spiro atoms. The number of methoxy groups -OCH3 is 2. The van der Waals surface area contributed by atoms with Crippen molar-refractivity contribution >= 4 is 5.91 Å². The maximum absolute atomic E-state index is 11.0. The average molecular weight is 216 g/mol. The number of piperidine rings is 1. The Labute approximate surface area is 90.5 Å². The molecule has 0 saturated carbocycles. The average Bonchev–Trinajstić information content (AvgIpc) is 2.18. The SMILES string of the molecule is COCC1CC(NC(C)=O)C(OC)CN1. The predicted octanol–water partition coefficient (Wildman–Crippen LogP) is -0.486. The first kappa shape index (κ1) is 12.4. The molecule has 0 aromatic carbocycles. The molecule has 1 aliphatic rings. The van der Waals surface area contributed by atoms with Gasteiger partial charge in [-0.25, -0.2) is 0 Å². The quantitative estimate of drug-likeness (QED) is 0.666. The third-order valence-electron chi connectivity index (χ3n) is 2.65. The topological polar surface area (TPSA) is 59.6 Å². The molecule has 1 amide bonds. The maximum Gasteiger partial charge on any atom is 0.217 e. The highest BCUT2D eigenvalue weighted by molar-refractivity contribution is 5.73. The lowest BCUT2D eigenvalue weighted by molar-refractivity contribution is -0.121. The molecular formula is C10H20N2O3. The normalized spacial score (nSPS) is 31.3. The molecule has 3 unspecified atom stereocenters. The van der Waals surface area contributed by atoms with Crippen LogP contribution in [-0.2, 0) is 14.3 Å². The number of ether oxygens (including phenoxy) is 2. The Morgan fingerprint density at radius 1 is 1.53 bits per heavy atom. The summed E-state index contributed by atoms with van der Waals surface area (Å²) in [5.74, 6) is -0.0138. The van der Waals surface area contributed by atoms with Gasteiger partial charge in [-0.1, -0.05) is 0 Å². The number of hydrogen-bond acceptors (Lipinski definition) is 4. The third-order valence-corrected chi connectivity index (χ3v) is 2.65. The van der Waals surface area contributed by atoms with Crippen LogP contribution in [0.15, 0.2) is 0 Å². The second-order valence-corrected chi connectivity index (χ2v) is 3.88. The molecule has 0 aromatic rings. The molecule has 3 atom stereocenters. The van der Waals surface area contributed by atoms with Crippen molar-refractivity contribution in [3.8, 4) is 0 Å². The van der Waals surface area contributed by atoms with Gasteiger partial charge in [0.25, 0.3) is 0 Å². The van der Waals surface area contributed by atoms with Gasteiger partial charge in [-0.2, -0.15) is 0 Å². The Morgan fingerprint density at radius 3 is 2.80 bits per heavy atom. The molecule has 0 aromatic heterocycles. The van der Waals surface area contributed by atoms with Gasteiger partial charge in [-0.15, -0.1) is 0 Å². The summed E-state index contributed by atoms with van der Waals surface area (Å²) >= 11 is 0. The molecule has 0 bridgehead atoms. The van der Waals surface area contributed by atoms with Crippen molar-refractivity contribution in [2.75, 3.05) is 27.4 Å². The van der Waals surface area contributed by atoms with Gasteiger partial charge < -0.3 is 20.1 Å². The van der Waals surface area contributed by atoms with E-state index in [0.29, 0.717) is 12.6 Å². The van der Waals surface area contributed by atoms with Crippen LogP contribution >= 0.6 is 0 Å². The fraction of sp³-hybridized carbons (Fsp3) is 0.900. The van der Waals surface area contributed by atoms with Crippen molar-refractivity contribution in [1.82, 2.24) is 10.6 Å². The van der Waals surface area contributed by atoms with E-state index in [1.807, 2.05) is 0 Å². The number of rotatable bonds is 4. The summed E-state index contributed by atoms with van der Waals surface area (Å²) in [5, 5.41) is 6.23. The van der Waals surface area contributed by atoms with Crippen LogP contribution in [0.25, 0.3) is 0 Å². The Hall–Kier alpha value is -0.650. The van der Waals surface area contributed by atoms with Gasteiger partial charge in [-0.05, 0) is 6.42 Å². The summed E-state index contributed by atoms with van der Waals surface area (Å²) in [5.41, 5.74) is 0. The van der Waals surface area contributed by atoms with Crippen molar-refractivity contribution in [2.24, 2.45) is 0 Å². The first-order chi connectivity index (χ1) is 7.17. The predicted molar refractivity (Wildman–Crippen MR) is 56.7 cm³/mol. The summed E-state index contributed by atoms with van der Waals surface area (Å²) < 4.78 is 10.4. The van der Waals surface area contributed by atoms with Crippen molar-refractivity contribution < 1.29 is 14.3 Å². The molecule has 88 valence electrons. The molecule has 2 N–H and O–H groups in total. The zero-order chi connectivity index (χ0) is 11.3. The van der Waals surface area contributed by atoms with Gasteiger partial charge in [0.1, 0.15) is 0 Å². The fourth-order valence-electron chi connectivity index (χ4n) is 1.96. The van der Waals surface area contributed by atoms with Gasteiger partial charge in [-0.3, -0.25) is 4.79 Å². The number of carbonyl (C=O) groups excluding carboxylic acids is 1. The fourth-order valence-corrected chi connectivity index (χ4v) is 1.96. The van der Waals surface area contributed by atoms with E-state index >= 15 is 0 Å². The van der Waals surface area contributed by atoms with Crippen LogP contribution in [0.3, 0.4) is 0 Å². The highest BCUT2D eigenvalue weighted by Crippen LogP contribution is 2.12. The largest absolute Gasteiger partial charge is 0.383 e. The number of hydrogen-bond donors (Lipinski definition) is 2. The molecule has 1 aliphatic heterocycles. The Bertz CT molecular complexity index is 211. The minimum Gasteiger partial charge on any atom is -0.383 e. The minimum atomic E-state index is -0.0138. The van der Waals surface area contributed by atoms with E-state index < -0.39 is 0 Å². The second-order valence-electron chi connectivity index (χ2n) is 3.88. The van der Waals surface area contributed by atoms with E-state index in [4.69, 9.17) is 9.47 Å². The summed E-state index contributed by atoms with van der Waals surface area (Å²) in [6, 6.07) is 0.368. The molecule has 1 rings (SSSR count). The molecule has 0 aliphatic carbocycles. The van der Waals surface area contributed by atoms with E-state index in [1.54, 1.807) is 14.2 Å². The van der Waals surface area contributed by atoms with E-state index in [9.17, 15) is 4.79 Å². The third kappa shape index (κ3) is 3.77.